The minimum Gasteiger partial charge on any atom is -0.492 e. The number of nitrogens with zero attached hydrogens (tertiary/aromatic N) is 1. The summed E-state index contributed by atoms with van der Waals surface area (Å²) in [4.78, 5) is 30.1. The number of esters is 1. The van der Waals surface area contributed by atoms with Crippen LogP contribution in [0, 0.1) is 24.6 Å². The van der Waals surface area contributed by atoms with Gasteiger partial charge in [0.05, 0.1) is 20.6 Å². The largest absolute Gasteiger partial charge is 0.492 e. The van der Waals surface area contributed by atoms with E-state index in [1.165, 1.54) is 12.1 Å². The molecule has 2 aromatic carbocycles. The lowest BCUT2D eigenvalue weighted by Crippen LogP contribution is -2.36. The smallest absolute Gasteiger partial charge is 0.323 e. The Morgan fingerprint density at radius 3 is 2.71 bits per heavy atom. The number of pyridine rings is 1. The highest BCUT2D eigenvalue weighted by atomic mass is 19.1. The van der Waals surface area contributed by atoms with Gasteiger partial charge in [-0.2, -0.15) is 0 Å². The first-order valence-corrected chi connectivity index (χ1v) is 12.7. The summed E-state index contributed by atoms with van der Waals surface area (Å²) in [5, 5.41) is 2.78. The maximum Gasteiger partial charge on any atom is 0.323 e. The third-order valence-corrected chi connectivity index (χ3v) is 6.35. The summed E-state index contributed by atoms with van der Waals surface area (Å²) in [5.74, 6) is -1.65. The van der Waals surface area contributed by atoms with E-state index in [9.17, 15) is 14.0 Å². The van der Waals surface area contributed by atoms with Gasteiger partial charge in [-0.3, -0.25) is 14.6 Å². The lowest BCUT2D eigenvalue weighted by molar-refractivity contribution is -0.147. The second-order valence-electron chi connectivity index (χ2n) is 9.86. The van der Waals surface area contributed by atoms with Gasteiger partial charge in [0.25, 0.3) is 5.91 Å². The molecule has 0 radical (unpaired) electrons. The van der Waals surface area contributed by atoms with Gasteiger partial charge in [-0.15, -0.1) is 0 Å². The number of ether oxygens (including phenoxy) is 2. The molecule has 0 unspecified atom stereocenters. The Morgan fingerprint density at radius 1 is 1.21 bits per heavy atom. The van der Waals surface area contributed by atoms with E-state index in [-0.39, 0.29) is 42.1 Å². The maximum absolute atomic E-state index is 14.0. The second kappa shape index (κ2) is 12.2. The summed E-state index contributed by atoms with van der Waals surface area (Å²) in [6, 6.07) is 12.2. The van der Waals surface area contributed by atoms with Crippen LogP contribution in [0.25, 0.3) is 11.3 Å². The summed E-state index contributed by atoms with van der Waals surface area (Å²) in [6.45, 7) is 3.39. The average molecular weight is 522 g/mol. The minimum atomic E-state index is -1.93. The minimum absolute atomic E-state index is 0.0641. The van der Waals surface area contributed by atoms with Crippen LogP contribution in [0.1, 0.15) is 56.5 Å². The Kier molecular flexibility index (Phi) is 7.87. The highest BCUT2D eigenvalue weighted by molar-refractivity contribution is 5.98. The first-order valence-electron chi connectivity index (χ1n) is 13.7. The van der Waals surface area contributed by atoms with E-state index in [0.717, 1.165) is 0 Å². The van der Waals surface area contributed by atoms with Gasteiger partial charge in [0.2, 0.25) is 0 Å². The number of hydrogen-bond donors (Lipinski definition) is 2. The highest BCUT2D eigenvalue weighted by Crippen LogP contribution is 2.32. The molecule has 0 bridgehead atoms. The lowest BCUT2D eigenvalue weighted by Gasteiger charge is -2.16. The van der Waals surface area contributed by atoms with Crippen molar-refractivity contribution in [3.63, 3.8) is 0 Å². The van der Waals surface area contributed by atoms with Gasteiger partial charge < -0.3 is 20.5 Å². The van der Waals surface area contributed by atoms with Crippen molar-refractivity contribution in [2.24, 2.45) is 17.6 Å². The topological polar surface area (TPSA) is 104 Å². The van der Waals surface area contributed by atoms with Crippen molar-refractivity contribution < 1.29 is 26.2 Å². The number of aromatic nitrogens is 1. The summed E-state index contributed by atoms with van der Waals surface area (Å²) in [6.07, 6.45) is 3.01. The molecule has 0 spiro atoms. The third-order valence-electron chi connectivity index (χ3n) is 6.35. The fourth-order valence-corrected chi connectivity index (χ4v) is 3.65. The number of carbonyl (C=O) groups excluding carboxylic acids is 2. The predicted molar refractivity (Wildman–Crippen MR) is 143 cm³/mol. The van der Waals surface area contributed by atoms with Crippen molar-refractivity contribution >= 4 is 11.9 Å². The Morgan fingerprint density at radius 2 is 2.00 bits per heavy atom. The lowest BCUT2D eigenvalue weighted by atomic mass is 10.0. The molecule has 1 heterocycles. The molecule has 0 aliphatic heterocycles. The molecule has 3 aromatic rings. The van der Waals surface area contributed by atoms with Crippen molar-refractivity contribution in [1.82, 2.24) is 10.3 Å². The van der Waals surface area contributed by atoms with E-state index in [1.54, 1.807) is 49.5 Å². The van der Waals surface area contributed by atoms with E-state index in [0.29, 0.717) is 40.8 Å². The zero-order valence-corrected chi connectivity index (χ0v) is 21.8. The molecule has 0 saturated heterocycles. The van der Waals surface area contributed by atoms with Gasteiger partial charge in [-0.25, -0.2) is 4.39 Å². The Labute approximate surface area is 225 Å². The molecule has 4 rings (SSSR count). The fourth-order valence-electron chi connectivity index (χ4n) is 3.65. The first kappa shape index (κ1) is 24.6. The summed E-state index contributed by atoms with van der Waals surface area (Å²) >= 11 is 0. The van der Waals surface area contributed by atoms with Crippen molar-refractivity contribution in [2.45, 2.75) is 52.8 Å². The quantitative estimate of drug-likeness (QED) is 0.347. The van der Waals surface area contributed by atoms with Crippen LogP contribution in [-0.2, 0) is 22.7 Å². The molecular formula is C30H34FN3O4. The summed E-state index contributed by atoms with van der Waals surface area (Å²) in [5.41, 5.74) is 8.73. The fraction of sp³-hybridized carbons (Fsp3) is 0.367. The van der Waals surface area contributed by atoms with Crippen LogP contribution in [0.15, 0.2) is 54.7 Å². The molecule has 1 amide bonds. The van der Waals surface area contributed by atoms with Gasteiger partial charge in [0, 0.05) is 23.9 Å². The van der Waals surface area contributed by atoms with Crippen LogP contribution in [0.5, 0.6) is 5.75 Å². The molecule has 200 valence electrons. The average Bonchev–Trinajstić information content (AvgIpc) is 3.78. The molecular weight excluding hydrogens is 485 g/mol. The standard InChI is InChI=1S/C30H34FN3O4/c1-18(2)27(32)30(36)38-17-23-5-4-12-33-28(23)22-10-11-26(37-16-20-8-9-20)24(14-22)29(35)34-15-21-7-6-19(3)25(31)13-21/h4-7,10-14,18,20,27H,8-9,15-17,32H2,1-3H3,(H,34,35)/t27-/m0/s1/i16D2. The number of nitrogens with one attached hydrogen (secondary N) is 1. The van der Waals surface area contributed by atoms with Gasteiger partial charge >= 0.3 is 5.97 Å². The van der Waals surface area contributed by atoms with E-state index in [1.807, 2.05) is 13.8 Å². The molecule has 3 N–H and O–H groups in total. The Hall–Kier alpha value is -3.78. The number of rotatable bonds is 11. The number of aryl methyl sites for hydroxylation is 1. The monoisotopic (exact) mass is 521 g/mol. The van der Waals surface area contributed by atoms with E-state index in [2.05, 4.69) is 10.3 Å². The molecule has 1 atom stereocenters. The molecule has 1 aromatic heterocycles. The SMILES string of the molecule is [2H]C([2H])(Oc1ccc(-c2ncccc2COC(=O)[C@@H](N)C(C)C)cc1C(=O)NCc1ccc(C)c(F)c1)C1CC1. The van der Waals surface area contributed by atoms with Crippen LogP contribution >= 0.6 is 0 Å². The van der Waals surface area contributed by atoms with E-state index < -0.39 is 24.5 Å². The normalized spacial score (nSPS) is 14.9. The maximum atomic E-state index is 14.0. The molecule has 1 aliphatic rings. The first-order chi connectivity index (χ1) is 19.0. The van der Waals surface area contributed by atoms with Crippen LogP contribution in [0.4, 0.5) is 4.39 Å². The van der Waals surface area contributed by atoms with Crippen LogP contribution in [-0.4, -0.2) is 29.5 Å². The third kappa shape index (κ3) is 6.95. The van der Waals surface area contributed by atoms with Crippen molar-refractivity contribution in [3.05, 3.63) is 82.8 Å². The number of halogens is 1. The Balaban J connectivity index is 1.62. The van der Waals surface area contributed by atoms with Crippen molar-refractivity contribution in [3.8, 4) is 17.0 Å². The van der Waals surface area contributed by atoms with Crippen molar-refractivity contribution in [2.75, 3.05) is 6.56 Å². The van der Waals surface area contributed by atoms with Gasteiger partial charge in [0.1, 0.15) is 24.2 Å². The Bertz CT molecular complexity index is 1400. The number of hydrogen-bond acceptors (Lipinski definition) is 6. The predicted octanol–water partition coefficient (Wildman–Crippen LogP) is 4.94. The van der Waals surface area contributed by atoms with Gasteiger partial charge in [0.15, 0.2) is 0 Å². The molecule has 1 aliphatic carbocycles. The van der Waals surface area contributed by atoms with Gasteiger partial charge in [-0.05, 0) is 73.1 Å². The molecule has 8 heteroatoms. The summed E-state index contributed by atoms with van der Waals surface area (Å²) in [7, 11) is 0. The number of benzene rings is 2. The summed E-state index contributed by atoms with van der Waals surface area (Å²) < 4.78 is 41.8. The zero-order valence-electron chi connectivity index (χ0n) is 23.8. The van der Waals surface area contributed by atoms with Crippen molar-refractivity contribution in [1.29, 1.82) is 0 Å². The number of carbonyl (C=O) groups is 2. The molecule has 38 heavy (non-hydrogen) atoms. The molecule has 1 saturated carbocycles. The van der Waals surface area contributed by atoms with Crippen LogP contribution < -0.4 is 15.8 Å². The highest BCUT2D eigenvalue weighted by Gasteiger charge is 2.24. The molecule has 7 nitrogen and oxygen atoms in total. The van der Waals surface area contributed by atoms with E-state index in [4.69, 9.17) is 17.9 Å². The van der Waals surface area contributed by atoms with Crippen LogP contribution in [0.2, 0.25) is 0 Å². The van der Waals surface area contributed by atoms with Gasteiger partial charge in [-0.1, -0.05) is 32.0 Å². The number of amides is 1. The van der Waals surface area contributed by atoms with Crippen LogP contribution in [0.3, 0.4) is 0 Å². The molecule has 1 fully saturated rings. The van der Waals surface area contributed by atoms with E-state index >= 15 is 0 Å². The second-order valence-corrected chi connectivity index (χ2v) is 9.86. The number of nitrogens with two attached hydrogens (primary N) is 1. The zero-order chi connectivity index (χ0) is 29.0.